The summed E-state index contributed by atoms with van der Waals surface area (Å²) in [5.74, 6) is -2.10. The first-order valence-electron chi connectivity index (χ1n) is 9.60. The SMILES string of the molecule is CC[C@@H](C)[C@@H]([NH3+])C(=O)Oc1cc(C)c2c(=O)c(-c3csc(C)n3)c(C(F)(F)F)oc2c1. The second-order valence-electron chi connectivity index (χ2n) is 7.41. The van der Waals surface area contributed by atoms with Crippen LogP contribution >= 0.6 is 11.3 Å². The molecule has 2 heterocycles. The largest absolute Gasteiger partial charge is 0.450 e. The van der Waals surface area contributed by atoms with Crippen LogP contribution in [0.15, 0.2) is 26.7 Å². The zero-order chi connectivity index (χ0) is 23.1. The van der Waals surface area contributed by atoms with Gasteiger partial charge in [-0.3, -0.25) is 4.79 Å². The van der Waals surface area contributed by atoms with Gasteiger partial charge in [-0.1, -0.05) is 13.8 Å². The second-order valence-corrected chi connectivity index (χ2v) is 8.47. The van der Waals surface area contributed by atoms with Crippen molar-refractivity contribution in [2.75, 3.05) is 0 Å². The molecule has 0 radical (unpaired) electrons. The monoisotopic (exact) mass is 455 g/mol. The number of fused-ring (bicyclic) bond motifs is 1. The van der Waals surface area contributed by atoms with E-state index in [9.17, 15) is 22.8 Å². The standard InChI is InChI=1S/C21H21F3N2O4S/c1-5-9(2)17(25)20(28)29-12-6-10(3)15-14(7-12)30-19(21(22,23)24)16(18(15)27)13-8-31-11(4)26-13/h6-9,17H,5,25H2,1-4H3/p+1/t9-,17-/m1/s1. The summed E-state index contributed by atoms with van der Waals surface area (Å²) in [4.78, 5) is 29.4. The quantitative estimate of drug-likeness (QED) is 0.461. The lowest BCUT2D eigenvalue weighted by atomic mass is 10.0. The van der Waals surface area contributed by atoms with Gasteiger partial charge in [-0.25, -0.2) is 9.78 Å². The van der Waals surface area contributed by atoms with E-state index in [1.807, 2.05) is 13.8 Å². The summed E-state index contributed by atoms with van der Waals surface area (Å²) >= 11 is 1.13. The van der Waals surface area contributed by atoms with Crippen molar-refractivity contribution < 1.29 is 32.9 Å². The number of hydrogen-bond donors (Lipinski definition) is 1. The molecule has 3 rings (SSSR count). The highest BCUT2D eigenvalue weighted by Gasteiger charge is 2.40. The van der Waals surface area contributed by atoms with Crippen LogP contribution in [0.3, 0.4) is 0 Å². The molecule has 0 fully saturated rings. The topological polar surface area (TPSA) is 97.0 Å². The number of alkyl halides is 3. The molecular weight excluding hydrogens is 433 g/mol. The lowest BCUT2D eigenvalue weighted by molar-refractivity contribution is -0.418. The molecule has 1 aromatic carbocycles. The molecule has 0 saturated carbocycles. The van der Waals surface area contributed by atoms with Crippen LogP contribution in [0.2, 0.25) is 0 Å². The van der Waals surface area contributed by atoms with Crippen molar-refractivity contribution in [2.24, 2.45) is 5.92 Å². The van der Waals surface area contributed by atoms with E-state index in [1.165, 1.54) is 18.4 Å². The third-order valence-corrected chi connectivity index (χ3v) is 5.92. The molecule has 3 N–H and O–H groups in total. The Bertz CT molecular complexity index is 1200. The number of carbonyl (C=O) groups excluding carboxylic acids is 1. The highest BCUT2D eigenvalue weighted by Crippen LogP contribution is 2.38. The summed E-state index contributed by atoms with van der Waals surface area (Å²) in [7, 11) is 0. The fraction of sp³-hybridized carbons (Fsp3) is 0.381. The summed E-state index contributed by atoms with van der Waals surface area (Å²) in [6.07, 6.45) is -4.21. The van der Waals surface area contributed by atoms with Gasteiger partial charge in [-0.2, -0.15) is 13.2 Å². The fourth-order valence-corrected chi connectivity index (χ4v) is 3.77. The number of ether oxygens (including phenoxy) is 1. The zero-order valence-electron chi connectivity index (χ0n) is 17.4. The lowest BCUT2D eigenvalue weighted by Crippen LogP contribution is -2.68. The highest BCUT2D eigenvalue weighted by molar-refractivity contribution is 7.09. The Hall–Kier alpha value is -2.72. The number of hydrogen-bond acceptors (Lipinski definition) is 6. The number of quaternary nitrogens is 1. The Labute approximate surface area is 179 Å². The van der Waals surface area contributed by atoms with Gasteiger partial charge < -0.3 is 14.9 Å². The molecule has 2 aromatic heterocycles. The van der Waals surface area contributed by atoms with Gasteiger partial charge >= 0.3 is 12.1 Å². The number of rotatable bonds is 5. The summed E-state index contributed by atoms with van der Waals surface area (Å²) in [6, 6.07) is 1.90. The lowest BCUT2D eigenvalue weighted by Gasteiger charge is -2.15. The van der Waals surface area contributed by atoms with E-state index in [4.69, 9.17) is 9.15 Å². The summed E-state index contributed by atoms with van der Waals surface area (Å²) in [5, 5.41) is 1.88. The minimum atomic E-state index is -4.92. The molecule has 0 aliphatic heterocycles. The third-order valence-electron chi connectivity index (χ3n) is 5.15. The van der Waals surface area contributed by atoms with E-state index in [0.29, 0.717) is 17.0 Å². The second kappa shape index (κ2) is 8.43. The van der Waals surface area contributed by atoms with Gasteiger partial charge in [0.1, 0.15) is 11.3 Å². The molecule has 2 atom stereocenters. The minimum Gasteiger partial charge on any atom is -0.450 e. The van der Waals surface area contributed by atoms with Crippen molar-refractivity contribution in [2.45, 2.75) is 46.3 Å². The molecule has 3 aromatic rings. The first-order valence-corrected chi connectivity index (χ1v) is 10.5. The zero-order valence-corrected chi connectivity index (χ0v) is 18.2. The van der Waals surface area contributed by atoms with Gasteiger partial charge in [0, 0.05) is 17.4 Å². The highest BCUT2D eigenvalue weighted by atomic mass is 32.1. The van der Waals surface area contributed by atoms with Crippen LogP contribution in [-0.4, -0.2) is 17.0 Å². The van der Waals surface area contributed by atoms with Gasteiger partial charge in [0.2, 0.25) is 11.2 Å². The Kier molecular flexibility index (Phi) is 6.24. The summed E-state index contributed by atoms with van der Waals surface area (Å²) < 4.78 is 51.7. The Morgan fingerprint density at radius 2 is 2.00 bits per heavy atom. The number of thiazole rings is 1. The first-order chi connectivity index (χ1) is 14.4. The van der Waals surface area contributed by atoms with Crippen LogP contribution in [0.1, 0.15) is 36.6 Å². The predicted octanol–water partition coefficient (Wildman–Crippen LogP) is 4.11. The number of carbonyl (C=O) groups is 1. The average Bonchev–Trinajstić information content (AvgIpc) is 3.11. The average molecular weight is 455 g/mol. The molecule has 0 amide bonds. The van der Waals surface area contributed by atoms with E-state index in [1.54, 1.807) is 6.92 Å². The Morgan fingerprint density at radius 3 is 2.55 bits per heavy atom. The number of esters is 1. The van der Waals surface area contributed by atoms with E-state index < -0.39 is 34.9 Å². The smallest absolute Gasteiger partial charge is 0.450 e. The predicted molar refractivity (Wildman–Crippen MR) is 110 cm³/mol. The minimum absolute atomic E-state index is 0.0134. The Morgan fingerprint density at radius 1 is 1.32 bits per heavy atom. The number of aromatic nitrogens is 1. The Balaban J connectivity index is 2.18. The van der Waals surface area contributed by atoms with Crippen molar-refractivity contribution in [3.8, 4) is 17.0 Å². The molecule has 10 heteroatoms. The number of benzene rings is 1. The van der Waals surface area contributed by atoms with Crippen LogP contribution in [0.25, 0.3) is 22.2 Å². The van der Waals surface area contributed by atoms with Crippen LogP contribution in [0.5, 0.6) is 5.75 Å². The maximum atomic E-state index is 13.7. The molecule has 0 aliphatic carbocycles. The van der Waals surface area contributed by atoms with Crippen LogP contribution < -0.4 is 15.9 Å². The number of halogens is 3. The number of aryl methyl sites for hydroxylation is 2. The third kappa shape index (κ3) is 4.49. The maximum absolute atomic E-state index is 13.7. The molecule has 166 valence electrons. The van der Waals surface area contributed by atoms with E-state index in [-0.39, 0.29) is 28.3 Å². The van der Waals surface area contributed by atoms with Gasteiger partial charge in [-0.15, -0.1) is 11.3 Å². The molecular formula is C21H22F3N2O4S+. The molecule has 0 unspecified atom stereocenters. The first kappa shape index (κ1) is 23.0. The normalized spacial score (nSPS) is 13.9. The van der Waals surface area contributed by atoms with Crippen molar-refractivity contribution in [3.05, 3.63) is 44.1 Å². The molecule has 6 nitrogen and oxygen atoms in total. The van der Waals surface area contributed by atoms with Crippen LogP contribution in [0, 0.1) is 19.8 Å². The van der Waals surface area contributed by atoms with Gasteiger partial charge in [0.25, 0.3) is 0 Å². The number of nitrogens with zero attached hydrogens (tertiary/aromatic N) is 1. The molecule has 31 heavy (non-hydrogen) atoms. The molecule has 0 spiro atoms. The summed E-state index contributed by atoms with van der Waals surface area (Å²) in [6.45, 7) is 6.92. The van der Waals surface area contributed by atoms with Crippen LogP contribution in [0.4, 0.5) is 13.2 Å². The van der Waals surface area contributed by atoms with Crippen molar-refractivity contribution in [1.29, 1.82) is 0 Å². The van der Waals surface area contributed by atoms with E-state index >= 15 is 0 Å². The van der Waals surface area contributed by atoms with E-state index in [2.05, 4.69) is 10.7 Å². The van der Waals surface area contributed by atoms with Gasteiger partial charge in [-0.05, 0) is 31.9 Å². The van der Waals surface area contributed by atoms with Crippen LogP contribution in [-0.2, 0) is 11.0 Å². The molecule has 0 saturated heterocycles. The van der Waals surface area contributed by atoms with Crippen molar-refractivity contribution >= 4 is 28.3 Å². The van der Waals surface area contributed by atoms with E-state index in [0.717, 1.165) is 17.4 Å². The molecule has 0 aliphatic rings. The maximum Gasteiger partial charge on any atom is 0.450 e. The van der Waals surface area contributed by atoms with Gasteiger partial charge in [0.05, 0.1) is 21.7 Å². The van der Waals surface area contributed by atoms with Gasteiger partial charge in [0.15, 0.2) is 6.04 Å². The van der Waals surface area contributed by atoms with Crippen molar-refractivity contribution in [3.63, 3.8) is 0 Å². The fourth-order valence-electron chi connectivity index (χ4n) is 3.16. The van der Waals surface area contributed by atoms with Crippen molar-refractivity contribution in [1.82, 2.24) is 4.98 Å². The summed E-state index contributed by atoms with van der Waals surface area (Å²) in [5.41, 5.74) is 2.23. The molecule has 0 bridgehead atoms.